The first kappa shape index (κ1) is 16.6. The van der Waals surface area contributed by atoms with Crippen molar-refractivity contribution in [1.29, 1.82) is 0 Å². The molecule has 2 N–H and O–H groups in total. The van der Waals surface area contributed by atoms with E-state index in [0.717, 1.165) is 49.9 Å². The van der Waals surface area contributed by atoms with E-state index < -0.39 is 5.97 Å². The fourth-order valence-electron chi connectivity index (χ4n) is 2.61. The van der Waals surface area contributed by atoms with Crippen LogP contribution in [0.4, 0.5) is 16.8 Å². The van der Waals surface area contributed by atoms with Gasteiger partial charge in [-0.3, -0.25) is 0 Å². The highest BCUT2D eigenvalue weighted by Crippen LogP contribution is 2.24. The van der Waals surface area contributed by atoms with Gasteiger partial charge in [0.05, 0.1) is 6.20 Å². The minimum atomic E-state index is -0.978. The number of carbonyl (C=O) groups is 1. The SMILES string of the molecule is CCN1CCN(c2cc(Nc3ncc(C(=O)O)s3)nc(C)n2)CC1. The molecule has 0 saturated carbocycles. The number of hydrogen-bond acceptors (Lipinski definition) is 8. The standard InChI is InChI=1S/C15H20N6O2S/c1-3-20-4-6-21(7-5-20)13-8-12(17-10(2)18-13)19-15-16-9-11(24-15)14(22)23/h8-9H,3-7H2,1-2H3,(H,22,23)(H,16,17,18,19). The van der Waals surface area contributed by atoms with E-state index in [4.69, 9.17) is 5.11 Å². The van der Waals surface area contributed by atoms with Gasteiger partial charge in [-0.2, -0.15) is 0 Å². The molecule has 2 aromatic rings. The average molecular weight is 348 g/mol. The maximum absolute atomic E-state index is 10.9. The van der Waals surface area contributed by atoms with E-state index in [9.17, 15) is 4.79 Å². The minimum Gasteiger partial charge on any atom is -0.477 e. The van der Waals surface area contributed by atoms with Crippen molar-refractivity contribution in [3.05, 3.63) is 23.0 Å². The fourth-order valence-corrected chi connectivity index (χ4v) is 3.27. The van der Waals surface area contributed by atoms with Gasteiger partial charge >= 0.3 is 5.97 Å². The number of nitrogens with one attached hydrogen (secondary N) is 1. The summed E-state index contributed by atoms with van der Waals surface area (Å²) >= 11 is 1.08. The zero-order valence-corrected chi connectivity index (χ0v) is 14.5. The van der Waals surface area contributed by atoms with Crippen molar-refractivity contribution >= 4 is 34.1 Å². The molecule has 3 rings (SSSR count). The van der Waals surface area contributed by atoms with Gasteiger partial charge in [0, 0.05) is 32.2 Å². The molecule has 9 heteroatoms. The molecule has 1 aliphatic heterocycles. The molecule has 8 nitrogen and oxygen atoms in total. The van der Waals surface area contributed by atoms with Crippen LogP contribution >= 0.6 is 11.3 Å². The molecule has 1 fully saturated rings. The minimum absolute atomic E-state index is 0.194. The van der Waals surface area contributed by atoms with Crippen molar-refractivity contribution in [2.24, 2.45) is 0 Å². The number of hydrogen-bond donors (Lipinski definition) is 2. The van der Waals surface area contributed by atoms with E-state index in [0.29, 0.717) is 16.8 Å². The number of carboxylic acid groups (broad SMARTS) is 1. The van der Waals surface area contributed by atoms with Crippen molar-refractivity contribution < 1.29 is 9.90 Å². The third-order valence-corrected chi connectivity index (χ3v) is 4.82. The number of piperazine rings is 1. The monoisotopic (exact) mass is 348 g/mol. The Hall–Kier alpha value is -2.26. The molecule has 24 heavy (non-hydrogen) atoms. The maximum Gasteiger partial charge on any atom is 0.347 e. The molecule has 0 aromatic carbocycles. The first-order valence-corrected chi connectivity index (χ1v) is 8.66. The van der Waals surface area contributed by atoms with Crippen LogP contribution < -0.4 is 10.2 Å². The first-order valence-electron chi connectivity index (χ1n) is 7.84. The highest BCUT2D eigenvalue weighted by molar-refractivity contribution is 7.17. The number of aromatic nitrogens is 3. The molecule has 1 aliphatic rings. The number of aryl methyl sites for hydroxylation is 1. The van der Waals surface area contributed by atoms with Crippen LogP contribution in [0.1, 0.15) is 22.4 Å². The summed E-state index contributed by atoms with van der Waals surface area (Å²) in [5, 5.41) is 12.6. The second-order valence-electron chi connectivity index (χ2n) is 5.54. The summed E-state index contributed by atoms with van der Waals surface area (Å²) in [7, 11) is 0. The maximum atomic E-state index is 10.9. The summed E-state index contributed by atoms with van der Waals surface area (Å²) in [5.41, 5.74) is 0. The number of nitrogens with zero attached hydrogens (tertiary/aromatic N) is 5. The van der Waals surface area contributed by atoms with Crippen LogP contribution in [0.2, 0.25) is 0 Å². The van der Waals surface area contributed by atoms with E-state index in [1.54, 1.807) is 0 Å². The van der Waals surface area contributed by atoms with E-state index in [2.05, 4.69) is 37.0 Å². The van der Waals surface area contributed by atoms with Gasteiger partial charge in [0.1, 0.15) is 22.3 Å². The largest absolute Gasteiger partial charge is 0.477 e. The number of thiazole rings is 1. The Morgan fingerprint density at radius 1 is 1.33 bits per heavy atom. The molecular formula is C15H20N6O2S. The summed E-state index contributed by atoms with van der Waals surface area (Å²) in [5.74, 6) is 1.20. The highest BCUT2D eigenvalue weighted by Gasteiger charge is 2.18. The van der Waals surface area contributed by atoms with Gasteiger partial charge in [-0.15, -0.1) is 0 Å². The lowest BCUT2D eigenvalue weighted by Crippen LogP contribution is -2.46. The van der Waals surface area contributed by atoms with Gasteiger partial charge in [-0.05, 0) is 13.5 Å². The van der Waals surface area contributed by atoms with Gasteiger partial charge in [-0.1, -0.05) is 18.3 Å². The van der Waals surface area contributed by atoms with Gasteiger partial charge < -0.3 is 20.2 Å². The van der Waals surface area contributed by atoms with Crippen molar-refractivity contribution in [2.75, 3.05) is 42.9 Å². The second kappa shape index (κ2) is 7.10. The zero-order chi connectivity index (χ0) is 17.1. The summed E-state index contributed by atoms with van der Waals surface area (Å²) < 4.78 is 0. The smallest absolute Gasteiger partial charge is 0.347 e. The van der Waals surface area contributed by atoms with Crippen LogP contribution in [0, 0.1) is 6.92 Å². The quantitative estimate of drug-likeness (QED) is 0.845. The van der Waals surface area contributed by atoms with Crippen molar-refractivity contribution in [3.8, 4) is 0 Å². The van der Waals surface area contributed by atoms with Gasteiger partial charge in [0.2, 0.25) is 0 Å². The summed E-state index contributed by atoms with van der Waals surface area (Å²) in [6.45, 7) is 9.01. The normalized spacial score (nSPS) is 15.5. The number of rotatable bonds is 5. The third-order valence-electron chi connectivity index (χ3n) is 3.92. The number of anilines is 3. The third kappa shape index (κ3) is 3.80. The van der Waals surface area contributed by atoms with E-state index in [1.807, 2.05) is 13.0 Å². The Labute approximate surface area is 144 Å². The van der Waals surface area contributed by atoms with E-state index in [1.165, 1.54) is 6.20 Å². The van der Waals surface area contributed by atoms with Crippen LogP contribution in [-0.4, -0.2) is 63.7 Å². The Kier molecular flexibility index (Phi) is 4.91. The van der Waals surface area contributed by atoms with Crippen molar-refractivity contribution in [1.82, 2.24) is 19.9 Å². The van der Waals surface area contributed by atoms with Crippen LogP contribution in [0.15, 0.2) is 12.3 Å². The molecule has 0 unspecified atom stereocenters. The zero-order valence-electron chi connectivity index (χ0n) is 13.7. The van der Waals surface area contributed by atoms with E-state index in [-0.39, 0.29) is 4.88 Å². The summed E-state index contributed by atoms with van der Waals surface area (Å²) in [4.78, 5) is 28.8. The van der Waals surface area contributed by atoms with Gasteiger partial charge in [0.15, 0.2) is 5.13 Å². The lowest BCUT2D eigenvalue weighted by Gasteiger charge is -2.34. The number of aromatic carboxylic acids is 1. The van der Waals surface area contributed by atoms with Crippen LogP contribution in [0.5, 0.6) is 0 Å². The van der Waals surface area contributed by atoms with Crippen LogP contribution in [0.3, 0.4) is 0 Å². The predicted octanol–water partition coefficient (Wildman–Crippen LogP) is 1.83. The molecule has 0 atom stereocenters. The van der Waals surface area contributed by atoms with E-state index >= 15 is 0 Å². The number of likely N-dealkylation sites (N-methyl/N-ethyl adjacent to an activating group) is 1. The lowest BCUT2D eigenvalue weighted by molar-refractivity contribution is 0.0702. The van der Waals surface area contributed by atoms with Crippen molar-refractivity contribution in [3.63, 3.8) is 0 Å². The highest BCUT2D eigenvalue weighted by atomic mass is 32.1. The topological polar surface area (TPSA) is 94.5 Å². The molecular weight excluding hydrogens is 328 g/mol. The molecule has 0 bridgehead atoms. The van der Waals surface area contributed by atoms with Crippen LogP contribution in [0.25, 0.3) is 0 Å². The van der Waals surface area contributed by atoms with Gasteiger partial charge in [-0.25, -0.2) is 19.7 Å². The molecule has 1 saturated heterocycles. The molecule has 3 heterocycles. The Morgan fingerprint density at radius 3 is 2.71 bits per heavy atom. The Morgan fingerprint density at radius 2 is 2.08 bits per heavy atom. The van der Waals surface area contributed by atoms with Crippen molar-refractivity contribution in [2.45, 2.75) is 13.8 Å². The summed E-state index contributed by atoms with van der Waals surface area (Å²) in [6, 6.07) is 1.89. The Balaban J connectivity index is 1.75. The first-order chi connectivity index (χ1) is 11.5. The molecule has 0 radical (unpaired) electrons. The average Bonchev–Trinajstić information content (AvgIpc) is 3.03. The van der Waals surface area contributed by atoms with Crippen LogP contribution in [-0.2, 0) is 0 Å². The molecule has 0 spiro atoms. The lowest BCUT2D eigenvalue weighted by atomic mass is 10.3. The second-order valence-corrected chi connectivity index (χ2v) is 6.57. The number of carboxylic acids is 1. The fraction of sp³-hybridized carbons (Fsp3) is 0.467. The van der Waals surface area contributed by atoms with Gasteiger partial charge in [0.25, 0.3) is 0 Å². The predicted molar refractivity (Wildman–Crippen MR) is 93.5 cm³/mol. The summed E-state index contributed by atoms with van der Waals surface area (Å²) in [6.07, 6.45) is 1.34. The molecule has 128 valence electrons. The molecule has 0 aliphatic carbocycles. The molecule has 0 amide bonds. The molecule has 2 aromatic heterocycles. The Bertz CT molecular complexity index is 727.